The molecule has 29 heavy (non-hydrogen) atoms. The molecule has 0 unspecified atom stereocenters. The summed E-state index contributed by atoms with van der Waals surface area (Å²) in [6.07, 6.45) is 1.78. The van der Waals surface area contributed by atoms with Crippen LogP contribution < -0.4 is 19.5 Å². The summed E-state index contributed by atoms with van der Waals surface area (Å²) in [6.45, 7) is 1.47. The minimum atomic E-state index is -1.00. The Hall–Kier alpha value is -3.19. The molecule has 1 amide bonds. The van der Waals surface area contributed by atoms with E-state index in [-0.39, 0.29) is 0 Å². The van der Waals surface area contributed by atoms with Crippen LogP contribution in [0.1, 0.15) is 12.5 Å². The van der Waals surface area contributed by atoms with Crippen molar-refractivity contribution >= 4 is 35.2 Å². The topological polar surface area (TPSA) is 83.1 Å². The lowest BCUT2D eigenvalue weighted by Crippen LogP contribution is -2.29. The number of anilines is 1. The number of hydrogen-bond acceptors (Lipinski definition) is 6. The fourth-order valence-corrected chi connectivity index (χ4v) is 2.63. The lowest BCUT2D eigenvalue weighted by molar-refractivity contribution is -0.148. The summed E-state index contributed by atoms with van der Waals surface area (Å²) in [4.78, 5) is 24.2. The molecule has 0 spiro atoms. The summed E-state index contributed by atoms with van der Waals surface area (Å²) in [6, 6.07) is 10.00. The summed E-state index contributed by atoms with van der Waals surface area (Å²) in [7, 11) is 4.56. The standard InChI is InChI=1S/C21H22ClNO6/c1-13(21(25)23-15-7-9-17(26-2)16(22)12-15)29-20(24)10-6-14-5-8-18(27-3)19(11-14)28-4/h5-13H,1-4H3,(H,23,25)/b10-6+/t13-/m0/s1. The minimum Gasteiger partial charge on any atom is -0.495 e. The first-order valence-electron chi connectivity index (χ1n) is 8.63. The van der Waals surface area contributed by atoms with E-state index >= 15 is 0 Å². The number of carbonyl (C=O) groups excluding carboxylic acids is 2. The molecule has 0 aliphatic heterocycles. The Labute approximate surface area is 174 Å². The lowest BCUT2D eigenvalue weighted by atomic mass is 10.2. The van der Waals surface area contributed by atoms with Crippen LogP contribution in [0.3, 0.4) is 0 Å². The molecule has 1 atom stereocenters. The van der Waals surface area contributed by atoms with E-state index in [1.165, 1.54) is 34.3 Å². The first-order chi connectivity index (χ1) is 13.9. The van der Waals surface area contributed by atoms with Crippen LogP contribution in [0.15, 0.2) is 42.5 Å². The van der Waals surface area contributed by atoms with Crippen molar-refractivity contribution in [3.63, 3.8) is 0 Å². The van der Waals surface area contributed by atoms with E-state index in [2.05, 4.69) is 5.32 Å². The molecule has 0 aliphatic carbocycles. The van der Waals surface area contributed by atoms with Gasteiger partial charge in [0.1, 0.15) is 5.75 Å². The van der Waals surface area contributed by atoms with Crippen LogP contribution >= 0.6 is 11.6 Å². The molecule has 0 heterocycles. The molecule has 2 aromatic rings. The highest BCUT2D eigenvalue weighted by Gasteiger charge is 2.17. The van der Waals surface area contributed by atoms with Crippen LogP contribution in [0.25, 0.3) is 6.08 Å². The highest BCUT2D eigenvalue weighted by atomic mass is 35.5. The molecule has 0 radical (unpaired) electrons. The van der Waals surface area contributed by atoms with Gasteiger partial charge in [-0.05, 0) is 48.9 Å². The van der Waals surface area contributed by atoms with Gasteiger partial charge in [0.15, 0.2) is 17.6 Å². The van der Waals surface area contributed by atoms with Gasteiger partial charge in [0.25, 0.3) is 5.91 Å². The van der Waals surface area contributed by atoms with E-state index < -0.39 is 18.0 Å². The van der Waals surface area contributed by atoms with E-state index in [0.29, 0.717) is 33.5 Å². The number of rotatable bonds is 8. The number of hydrogen-bond donors (Lipinski definition) is 1. The number of halogens is 1. The normalized spacial score (nSPS) is 11.6. The van der Waals surface area contributed by atoms with Crippen LogP contribution in [0, 0.1) is 0 Å². The van der Waals surface area contributed by atoms with Gasteiger partial charge in [-0.2, -0.15) is 0 Å². The van der Waals surface area contributed by atoms with Crippen molar-refractivity contribution in [3.05, 3.63) is 53.1 Å². The molecule has 0 bridgehead atoms. The molecule has 2 aromatic carbocycles. The van der Waals surface area contributed by atoms with Gasteiger partial charge < -0.3 is 24.3 Å². The predicted octanol–water partition coefficient (Wildman–Crippen LogP) is 3.95. The van der Waals surface area contributed by atoms with E-state index in [1.54, 1.807) is 42.5 Å². The van der Waals surface area contributed by atoms with Gasteiger partial charge >= 0.3 is 5.97 Å². The van der Waals surface area contributed by atoms with Gasteiger partial charge in [0.05, 0.1) is 26.4 Å². The van der Waals surface area contributed by atoms with Crippen LogP contribution in [0.4, 0.5) is 5.69 Å². The molecule has 1 N–H and O–H groups in total. The maximum atomic E-state index is 12.2. The van der Waals surface area contributed by atoms with Gasteiger partial charge in [0.2, 0.25) is 0 Å². The second-order valence-electron chi connectivity index (χ2n) is 5.87. The SMILES string of the molecule is COc1ccc(NC(=O)[C@H](C)OC(=O)/C=C/c2ccc(OC)c(OC)c2)cc1Cl. The Morgan fingerprint density at radius 2 is 1.62 bits per heavy atom. The quantitative estimate of drug-likeness (QED) is 0.515. The van der Waals surface area contributed by atoms with Gasteiger partial charge in [0, 0.05) is 11.8 Å². The van der Waals surface area contributed by atoms with Crippen LogP contribution in [0.2, 0.25) is 5.02 Å². The van der Waals surface area contributed by atoms with Crippen molar-refractivity contribution in [2.75, 3.05) is 26.6 Å². The number of amides is 1. The van der Waals surface area contributed by atoms with Crippen molar-refractivity contribution in [3.8, 4) is 17.2 Å². The van der Waals surface area contributed by atoms with Crippen molar-refractivity contribution in [1.82, 2.24) is 0 Å². The van der Waals surface area contributed by atoms with Crippen molar-refractivity contribution < 1.29 is 28.5 Å². The maximum Gasteiger partial charge on any atom is 0.331 e. The molecular weight excluding hydrogens is 398 g/mol. The average molecular weight is 420 g/mol. The van der Waals surface area contributed by atoms with Crippen LogP contribution in [-0.2, 0) is 14.3 Å². The van der Waals surface area contributed by atoms with Gasteiger partial charge in [-0.1, -0.05) is 17.7 Å². The summed E-state index contributed by atoms with van der Waals surface area (Å²) in [5, 5.41) is 2.98. The summed E-state index contributed by atoms with van der Waals surface area (Å²) in [5.41, 5.74) is 1.18. The Morgan fingerprint density at radius 1 is 0.966 bits per heavy atom. The molecular formula is C21H22ClNO6. The number of nitrogens with one attached hydrogen (secondary N) is 1. The molecule has 0 saturated carbocycles. The van der Waals surface area contributed by atoms with E-state index in [1.807, 2.05) is 0 Å². The number of benzene rings is 2. The molecule has 7 nitrogen and oxygen atoms in total. The predicted molar refractivity (Wildman–Crippen MR) is 111 cm³/mol. The lowest BCUT2D eigenvalue weighted by Gasteiger charge is -2.13. The van der Waals surface area contributed by atoms with Gasteiger partial charge in [-0.3, -0.25) is 4.79 Å². The third kappa shape index (κ3) is 6.15. The Kier molecular flexibility index (Phi) is 7.91. The zero-order chi connectivity index (χ0) is 21.4. The molecule has 154 valence electrons. The summed E-state index contributed by atoms with van der Waals surface area (Å²) in [5.74, 6) is 0.462. The minimum absolute atomic E-state index is 0.354. The van der Waals surface area contributed by atoms with E-state index in [9.17, 15) is 9.59 Å². The highest BCUT2D eigenvalue weighted by molar-refractivity contribution is 6.32. The molecule has 8 heteroatoms. The third-order valence-corrected chi connectivity index (χ3v) is 4.20. The van der Waals surface area contributed by atoms with E-state index in [0.717, 1.165) is 0 Å². The number of ether oxygens (including phenoxy) is 4. The number of carbonyl (C=O) groups is 2. The Bertz CT molecular complexity index is 912. The van der Waals surface area contributed by atoms with Crippen molar-refractivity contribution in [2.24, 2.45) is 0 Å². The average Bonchev–Trinajstić information content (AvgIpc) is 2.72. The fraction of sp³-hybridized carbons (Fsp3) is 0.238. The largest absolute Gasteiger partial charge is 0.495 e. The summed E-state index contributed by atoms with van der Waals surface area (Å²) < 4.78 is 20.6. The fourth-order valence-electron chi connectivity index (χ4n) is 2.38. The molecule has 2 rings (SSSR count). The van der Waals surface area contributed by atoms with Crippen LogP contribution in [0.5, 0.6) is 17.2 Å². The Morgan fingerprint density at radius 3 is 2.24 bits per heavy atom. The Balaban J connectivity index is 1.95. The molecule has 0 saturated heterocycles. The van der Waals surface area contributed by atoms with Crippen molar-refractivity contribution in [1.29, 1.82) is 0 Å². The maximum absolute atomic E-state index is 12.2. The molecule has 0 aromatic heterocycles. The number of esters is 1. The monoisotopic (exact) mass is 419 g/mol. The van der Waals surface area contributed by atoms with Gasteiger partial charge in [-0.15, -0.1) is 0 Å². The zero-order valence-electron chi connectivity index (χ0n) is 16.5. The molecule has 0 aliphatic rings. The van der Waals surface area contributed by atoms with Gasteiger partial charge in [-0.25, -0.2) is 4.79 Å². The zero-order valence-corrected chi connectivity index (χ0v) is 17.3. The summed E-state index contributed by atoms with van der Waals surface area (Å²) >= 11 is 6.03. The second-order valence-corrected chi connectivity index (χ2v) is 6.27. The highest BCUT2D eigenvalue weighted by Crippen LogP contribution is 2.28. The number of methoxy groups -OCH3 is 3. The first kappa shape index (κ1) is 22.1. The smallest absolute Gasteiger partial charge is 0.331 e. The van der Waals surface area contributed by atoms with Crippen molar-refractivity contribution in [2.45, 2.75) is 13.0 Å². The molecule has 0 fully saturated rings. The third-order valence-electron chi connectivity index (χ3n) is 3.90. The second kappa shape index (κ2) is 10.4. The first-order valence-corrected chi connectivity index (χ1v) is 9.00. The van der Waals surface area contributed by atoms with Crippen LogP contribution in [-0.4, -0.2) is 39.3 Å². The van der Waals surface area contributed by atoms with E-state index in [4.69, 9.17) is 30.5 Å².